The number of carboxylic acids is 1. The van der Waals surface area contributed by atoms with E-state index in [2.05, 4.69) is 0 Å². The van der Waals surface area contributed by atoms with E-state index in [9.17, 15) is 14.9 Å². The summed E-state index contributed by atoms with van der Waals surface area (Å²) in [5, 5.41) is 19.8. The second-order valence-electron chi connectivity index (χ2n) is 3.43. The second-order valence-corrected chi connectivity index (χ2v) is 3.43. The van der Waals surface area contributed by atoms with Crippen LogP contribution in [0.2, 0.25) is 0 Å². The number of hydrogen-bond donors (Lipinski definition) is 1. The van der Waals surface area contributed by atoms with Gasteiger partial charge in [-0.25, -0.2) is 4.79 Å². The van der Waals surface area contributed by atoms with Crippen molar-refractivity contribution in [3.63, 3.8) is 0 Å². The highest BCUT2D eigenvalue weighted by atomic mass is 16.6. The number of nitro groups is 1. The van der Waals surface area contributed by atoms with Gasteiger partial charge in [-0.15, -0.1) is 0 Å². The van der Waals surface area contributed by atoms with E-state index in [1.54, 1.807) is 0 Å². The number of benzene rings is 1. The summed E-state index contributed by atoms with van der Waals surface area (Å²) >= 11 is 0. The Balaban J connectivity index is 3.32. The first-order valence-electron chi connectivity index (χ1n) is 5.23. The standard InChI is InChI=1S/C11H13NO6/c1-3-4-18-10-6-9(17-2)7(11(13)14)5-8(10)12(15)16/h5-6H,3-4H2,1-2H3,(H,13,14). The largest absolute Gasteiger partial charge is 0.496 e. The summed E-state index contributed by atoms with van der Waals surface area (Å²) in [7, 11) is 1.29. The van der Waals surface area contributed by atoms with Gasteiger partial charge < -0.3 is 14.6 Å². The predicted octanol–water partition coefficient (Wildman–Crippen LogP) is 2.09. The molecule has 7 nitrogen and oxygen atoms in total. The van der Waals surface area contributed by atoms with Gasteiger partial charge in [0.1, 0.15) is 11.3 Å². The third-order valence-electron chi connectivity index (χ3n) is 2.17. The lowest BCUT2D eigenvalue weighted by atomic mass is 10.1. The summed E-state index contributed by atoms with van der Waals surface area (Å²) in [4.78, 5) is 21.1. The van der Waals surface area contributed by atoms with Crippen molar-refractivity contribution >= 4 is 11.7 Å². The molecule has 0 fully saturated rings. The first-order chi connectivity index (χ1) is 8.51. The van der Waals surface area contributed by atoms with Crippen LogP contribution in [0.25, 0.3) is 0 Å². The van der Waals surface area contributed by atoms with E-state index in [0.29, 0.717) is 13.0 Å². The first-order valence-corrected chi connectivity index (χ1v) is 5.23. The predicted molar refractivity (Wildman–Crippen MR) is 62.4 cm³/mol. The van der Waals surface area contributed by atoms with E-state index in [1.807, 2.05) is 6.92 Å². The third-order valence-corrected chi connectivity index (χ3v) is 2.17. The lowest BCUT2D eigenvalue weighted by Crippen LogP contribution is -2.05. The van der Waals surface area contributed by atoms with Crippen LogP contribution in [0.3, 0.4) is 0 Å². The van der Waals surface area contributed by atoms with Crippen LogP contribution < -0.4 is 9.47 Å². The zero-order valence-corrected chi connectivity index (χ0v) is 10.0. The van der Waals surface area contributed by atoms with Crippen LogP contribution in [-0.2, 0) is 0 Å². The number of nitrogens with zero attached hydrogens (tertiary/aromatic N) is 1. The van der Waals surface area contributed by atoms with Crippen molar-refractivity contribution < 1.29 is 24.3 Å². The number of carbonyl (C=O) groups is 1. The van der Waals surface area contributed by atoms with Crippen molar-refractivity contribution in [1.29, 1.82) is 0 Å². The first kappa shape index (κ1) is 13.8. The SMILES string of the molecule is CCCOc1cc(OC)c(C(=O)O)cc1[N+](=O)[O-]. The second kappa shape index (κ2) is 5.85. The van der Waals surface area contributed by atoms with Crippen LogP contribution in [0.5, 0.6) is 11.5 Å². The summed E-state index contributed by atoms with van der Waals surface area (Å²) in [5.74, 6) is -1.26. The number of hydrogen-bond acceptors (Lipinski definition) is 5. The molecule has 1 N–H and O–H groups in total. The van der Waals surface area contributed by atoms with Crippen LogP contribution in [0, 0.1) is 10.1 Å². The van der Waals surface area contributed by atoms with Crippen LogP contribution in [-0.4, -0.2) is 29.7 Å². The Morgan fingerprint density at radius 3 is 2.56 bits per heavy atom. The molecule has 0 aliphatic heterocycles. The lowest BCUT2D eigenvalue weighted by Gasteiger charge is -2.09. The molecule has 1 aromatic rings. The Labute approximate surface area is 103 Å². The normalized spacial score (nSPS) is 9.89. The Hall–Kier alpha value is -2.31. The Kier molecular flexibility index (Phi) is 4.47. The van der Waals surface area contributed by atoms with Gasteiger partial charge in [-0.2, -0.15) is 0 Å². The Bertz CT molecular complexity index is 471. The maximum absolute atomic E-state index is 10.9. The van der Waals surface area contributed by atoms with Crippen molar-refractivity contribution in [3.05, 3.63) is 27.8 Å². The maximum atomic E-state index is 10.9. The van der Waals surface area contributed by atoms with Crippen LogP contribution in [0.4, 0.5) is 5.69 Å². The molecule has 0 atom stereocenters. The molecule has 0 saturated carbocycles. The summed E-state index contributed by atoms with van der Waals surface area (Å²) in [5.41, 5.74) is -0.658. The maximum Gasteiger partial charge on any atom is 0.339 e. The zero-order valence-electron chi connectivity index (χ0n) is 10.0. The highest BCUT2D eigenvalue weighted by molar-refractivity contribution is 5.92. The molecule has 0 spiro atoms. The molecule has 0 saturated heterocycles. The Morgan fingerprint density at radius 2 is 2.11 bits per heavy atom. The minimum Gasteiger partial charge on any atom is -0.496 e. The molecule has 18 heavy (non-hydrogen) atoms. The highest BCUT2D eigenvalue weighted by Gasteiger charge is 2.23. The van der Waals surface area contributed by atoms with Crippen molar-refractivity contribution in [2.24, 2.45) is 0 Å². The fourth-order valence-electron chi connectivity index (χ4n) is 1.36. The number of methoxy groups -OCH3 is 1. The number of nitro benzene ring substituents is 1. The minimum absolute atomic E-state index is 0.00343. The Morgan fingerprint density at radius 1 is 1.44 bits per heavy atom. The van der Waals surface area contributed by atoms with Gasteiger partial charge >= 0.3 is 11.7 Å². The summed E-state index contributed by atoms with van der Waals surface area (Å²) in [6, 6.07) is 2.16. The molecule has 0 aliphatic carbocycles. The topological polar surface area (TPSA) is 98.9 Å². The van der Waals surface area contributed by atoms with Crippen molar-refractivity contribution in [2.75, 3.05) is 13.7 Å². The molecule has 0 aromatic heterocycles. The van der Waals surface area contributed by atoms with E-state index >= 15 is 0 Å². The molecule has 0 radical (unpaired) electrons. The number of ether oxygens (including phenoxy) is 2. The monoisotopic (exact) mass is 255 g/mol. The molecule has 1 rings (SSSR count). The quantitative estimate of drug-likeness (QED) is 0.617. The third kappa shape index (κ3) is 2.88. The van der Waals surface area contributed by atoms with Gasteiger partial charge in [0.05, 0.1) is 18.6 Å². The molecule has 0 amide bonds. The van der Waals surface area contributed by atoms with Gasteiger partial charge in [0.2, 0.25) is 5.75 Å². The number of rotatable bonds is 6. The molecule has 7 heteroatoms. The van der Waals surface area contributed by atoms with Gasteiger partial charge in [0.25, 0.3) is 0 Å². The molecule has 98 valence electrons. The number of aromatic carboxylic acids is 1. The van der Waals surface area contributed by atoms with Crippen LogP contribution in [0.1, 0.15) is 23.7 Å². The van der Waals surface area contributed by atoms with E-state index in [1.165, 1.54) is 13.2 Å². The zero-order chi connectivity index (χ0) is 13.7. The fraction of sp³-hybridized carbons (Fsp3) is 0.364. The molecular weight excluding hydrogens is 242 g/mol. The molecule has 0 aliphatic rings. The van der Waals surface area contributed by atoms with Crippen molar-refractivity contribution in [3.8, 4) is 11.5 Å². The lowest BCUT2D eigenvalue weighted by molar-refractivity contribution is -0.385. The van der Waals surface area contributed by atoms with Crippen LogP contribution in [0.15, 0.2) is 12.1 Å². The van der Waals surface area contributed by atoms with Gasteiger partial charge in [0.15, 0.2) is 0 Å². The summed E-state index contributed by atoms with van der Waals surface area (Å²) < 4.78 is 10.1. The summed E-state index contributed by atoms with van der Waals surface area (Å²) in [6.45, 7) is 2.16. The van der Waals surface area contributed by atoms with Crippen molar-refractivity contribution in [1.82, 2.24) is 0 Å². The van der Waals surface area contributed by atoms with Gasteiger partial charge in [-0.1, -0.05) is 6.92 Å². The molecule has 0 bridgehead atoms. The van der Waals surface area contributed by atoms with E-state index in [0.717, 1.165) is 6.07 Å². The number of carboxylic acid groups (broad SMARTS) is 1. The minimum atomic E-state index is -1.29. The van der Waals surface area contributed by atoms with E-state index in [-0.39, 0.29) is 22.7 Å². The van der Waals surface area contributed by atoms with Gasteiger partial charge in [0, 0.05) is 12.1 Å². The molecular formula is C11H13NO6. The molecule has 1 aromatic carbocycles. The fourth-order valence-corrected chi connectivity index (χ4v) is 1.36. The average molecular weight is 255 g/mol. The smallest absolute Gasteiger partial charge is 0.339 e. The van der Waals surface area contributed by atoms with Crippen LogP contribution >= 0.6 is 0 Å². The highest BCUT2D eigenvalue weighted by Crippen LogP contribution is 2.34. The molecule has 0 heterocycles. The average Bonchev–Trinajstić information content (AvgIpc) is 2.34. The van der Waals surface area contributed by atoms with E-state index in [4.69, 9.17) is 14.6 Å². The van der Waals surface area contributed by atoms with Crippen molar-refractivity contribution in [2.45, 2.75) is 13.3 Å². The molecule has 0 unspecified atom stereocenters. The summed E-state index contributed by atoms with van der Waals surface area (Å²) in [6.07, 6.45) is 0.681. The van der Waals surface area contributed by atoms with E-state index < -0.39 is 10.9 Å². The van der Waals surface area contributed by atoms with Gasteiger partial charge in [-0.05, 0) is 6.42 Å². The van der Waals surface area contributed by atoms with Gasteiger partial charge in [-0.3, -0.25) is 10.1 Å².